The van der Waals surface area contributed by atoms with Gasteiger partial charge in [0, 0.05) is 15.4 Å². The van der Waals surface area contributed by atoms with Crippen LogP contribution in [0.2, 0.25) is 0 Å². The number of hydrogen-bond acceptors (Lipinski definition) is 1. The van der Waals surface area contributed by atoms with E-state index in [1.165, 1.54) is 5.56 Å². The number of aryl methyl sites for hydroxylation is 1. The Bertz CT molecular complexity index is 642. The maximum atomic E-state index is 6.12. The summed E-state index contributed by atoms with van der Waals surface area (Å²) in [5.41, 5.74) is 3.77. The molecular formula is C18H20Br2O. The van der Waals surface area contributed by atoms with E-state index in [1.807, 2.05) is 12.1 Å². The van der Waals surface area contributed by atoms with Gasteiger partial charge in [0.25, 0.3) is 0 Å². The van der Waals surface area contributed by atoms with Crippen molar-refractivity contribution >= 4 is 31.9 Å². The van der Waals surface area contributed by atoms with E-state index in [9.17, 15) is 0 Å². The molecule has 0 fully saturated rings. The Hall–Kier alpha value is -0.800. The van der Waals surface area contributed by atoms with Crippen LogP contribution in [0.4, 0.5) is 0 Å². The van der Waals surface area contributed by atoms with Gasteiger partial charge in [-0.15, -0.1) is 0 Å². The minimum atomic E-state index is 0.153. The second-order valence-corrected chi connectivity index (χ2v) is 7.69. The largest absolute Gasteiger partial charge is 0.457 e. The predicted octanol–water partition coefficient (Wildman–Crippen LogP) is 6.74. The number of halogens is 2. The average molecular weight is 412 g/mol. The van der Waals surface area contributed by atoms with Crippen molar-refractivity contribution in [2.45, 2.75) is 38.4 Å². The maximum absolute atomic E-state index is 6.12. The van der Waals surface area contributed by atoms with Gasteiger partial charge in [-0.05, 0) is 41.7 Å². The van der Waals surface area contributed by atoms with Crippen molar-refractivity contribution in [3.8, 4) is 11.5 Å². The summed E-state index contributed by atoms with van der Waals surface area (Å²) in [5, 5.41) is 0.773. The van der Waals surface area contributed by atoms with E-state index in [1.54, 1.807) is 0 Å². The van der Waals surface area contributed by atoms with E-state index in [0.717, 1.165) is 32.4 Å². The highest BCUT2D eigenvalue weighted by molar-refractivity contribution is 9.10. The van der Waals surface area contributed by atoms with Crippen molar-refractivity contribution in [3.05, 3.63) is 57.6 Å². The van der Waals surface area contributed by atoms with Gasteiger partial charge in [-0.3, -0.25) is 0 Å². The average Bonchev–Trinajstić information content (AvgIpc) is 2.40. The smallest absolute Gasteiger partial charge is 0.132 e. The normalized spacial score (nSPS) is 11.5. The summed E-state index contributed by atoms with van der Waals surface area (Å²) >= 11 is 7.01. The molecule has 0 radical (unpaired) electrons. The molecule has 2 aromatic carbocycles. The molecule has 2 rings (SSSR count). The SMILES string of the molecule is Cc1cc(C(C)(C)C)ccc1Oc1cc(Br)ccc1CBr. The molecule has 0 unspecified atom stereocenters. The fourth-order valence-electron chi connectivity index (χ4n) is 2.08. The minimum absolute atomic E-state index is 0.153. The van der Waals surface area contributed by atoms with Crippen LogP contribution in [0.3, 0.4) is 0 Å². The highest BCUT2D eigenvalue weighted by Crippen LogP contribution is 2.33. The Kier molecular flexibility index (Phi) is 5.15. The van der Waals surface area contributed by atoms with Crippen LogP contribution in [0.25, 0.3) is 0 Å². The molecule has 0 spiro atoms. The van der Waals surface area contributed by atoms with E-state index in [-0.39, 0.29) is 5.41 Å². The molecule has 0 aliphatic rings. The molecule has 0 amide bonds. The van der Waals surface area contributed by atoms with E-state index in [0.29, 0.717) is 0 Å². The summed E-state index contributed by atoms with van der Waals surface area (Å²) in [5.74, 6) is 1.79. The predicted molar refractivity (Wildman–Crippen MR) is 96.7 cm³/mol. The van der Waals surface area contributed by atoms with Gasteiger partial charge in [-0.25, -0.2) is 0 Å². The van der Waals surface area contributed by atoms with Crippen LogP contribution in [-0.4, -0.2) is 0 Å². The molecule has 112 valence electrons. The van der Waals surface area contributed by atoms with Crippen LogP contribution in [0.5, 0.6) is 11.5 Å². The Morgan fingerprint density at radius 3 is 2.29 bits per heavy atom. The van der Waals surface area contributed by atoms with E-state index < -0.39 is 0 Å². The van der Waals surface area contributed by atoms with Gasteiger partial charge in [0.05, 0.1) is 0 Å². The number of rotatable bonds is 3. The van der Waals surface area contributed by atoms with E-state index in [2.05, 4.69) is 83.8 Å². The van der Waals surface area contributed by atoms with Gasteiger partial charge in [-0.1, -0.05) is 70.8 Å². The minimum Gasteiger partial charge on any atom is -0.457 e. The number of benzene rings is 2. The molecule has 3 heteroatoms. The molecule has 0 atom stereocenters. The summed E-state index contributed by atoms with van der Waals surface area (Å²) in [6.45, 7) is 8.76. The lowest BCUT2D eigenvalue weighted by Crippen LogP contribution is -2.11. The van der Waals surface area contributed by atoms with E-state index >= 15 is 0 Å². The zero-order valence-electron chi connectivity index (χ0n) is 12.8. The van der Waals surface area contributed by atoms with Crippen LogP contribution in [0.15, 0.2) is 40.9 Å². The molecule has 0 aliphatic heterocycles. The van der Waals surface area contributed by atoms with Gasteiger partial charge in [0.15, 0.2) is 0 Å². The first kappa shape index (κ1) is 16.6. The summed E-state index contributed by atoms with van der Waals surface area (Å²) in [6, 6.07) is 12.5. The highest BCUT2D eigenvalue weighted by Gasteiger charge is 2.15. The van der Waals surface area contributed by atoms with Crippen LogP contribution >= 0.6 is 31.9 Å². The van der Waals surface area contributed by atoms with Crippen LogP contribution in [0, 0.1) is 6.92 Å². The lowest BCUT2D eigenvalue weighted by Gasteiger charge is -2.21. The Balaban J connectivity index is 2.34. The van der Waals surface area contributed by atoms with E-state index in [4.69, 9.17) is 4.74 Å². The zero-order chi connectivity index (χ0) is 15.6. The Morgan fingerprint density at radius 2 is 1.71 bits per heavy atom. The molecule has 2 aromatic rings. The van der Waals surface area contributed by atoms with Gasteiger partial charge < -0.3 is 4.74 Å². The molecule has 0 N–H and O–H groups in total. The first-order valence-electron chi connectivity index (χ1n) is 6.94. The molecule has 0 aromatic heterocycles. The molecular weight excluding hydrogens is 392 g/mol. The number of alkyl halides is 1. The third-order valence-corrected chi connectivity index (χ3v) is 4.53. The molecule has 21 heavy (non-hydrogen) atoms. The second kappa shape index (κ2) is 6.53. The third kappa shape index (κ3) is 4.10. The Labute approximate surface area is 144 Å². The quantitative estimate of drug-likeness (QED) is 0.508. The number of hydrogen-bond donors (Lipinski definition) is 0. The maximum Gasteiger partial charge on any atom is 0.132 e. The second-order valence-electron chi connectivity index (χ2n) is 6.22. The highest BCUT2D eigenvalue weighted by atomic mass is 79.9. The molecule has 1 nitrogen and oxygen atoms in total. The Morgan fingerprint density at radius 1 is 1.00 bits per heavy atom. The summed E-state index contributed by atoms with van der Waals surface area (Å²) in [6.07, 6.45) is 0. The summed E-state index contributed by atoms with van der Waals surface area (Å²) in [4.78, 5) is 0. The zero-order valence-corrected chi connectivity index (χ0v) is 16.0. The summed E-state index contributed by atoms with van der Waals surface area (Å²) in [7, 11) is 0. The van der Waals surface area contributed by atoms with Crippen LogP contribution in [0.1, 0.15) is 37.5 Å². The van der Waals surface area contributed by atoms with Gasteiger partial charge in [-0.2, -0.15) is 0 Å². The molecule has 0 saturated carbocycles. The fraction of sp³-hybridized carbons (Fsp3) is 0.333. The topological polar surface area (TPSA) is 9.23 Å². The van der Waals surface area contributed by atoms with Crippen molar-refractivity contribution in [2.24, 2.45) is 0 Å². The first-order chi connectivity index (χ1) is 9.81. The standard InChI is InChI=1S/C18H20Br2O/c1-12-9-14(18(2,3)4)6-8-16(12)21-17-10-15(20)7-5-13(17)11-19/h5-10H,11H2,1-4H3. The van der Waals surface area contributed by atoms with Crippen LogP contribution < -0.4 is 4.74 Å². The monoisotopic (exact) mass is 410 g/mol. The number of ether oxygens (including phenoxy) is 1. The fourth-order valence-corrected chi connectivity index (χ4v) is 2.89. The first-order valence-corrected chi connectivity index (χ1v) is 8.86. The van der Waals surface area contributed by atoms with Gasteiger partial charge >= 0.3 is 0 Å². The summed E-state index contributed by atoms with van der Waals surface area (Å²) < 4.78 is 7.14. The third-order valence-electron chi connectivity index (χ3n) is 3.43. The lowest BCUT2D eigenvalue weighted by molar-refractivity contribution is 0.473. The van der Waals surface area contributed by atoms with Crippen molar-refractivity contribution in [3.63, 3.8) is 0 Å². The molecule has 0 bridgehead atoms. The van der Waals surface area contributed by atoms with Crippen molar-refractivity contribution < 1.29 is 4.74 Å². The molecule has 0 saturated heterocycles. The molecule has 0 aliphatic carbocycles. The van der Waals surface area contributed by atoms with Crippen LogP contribution in [-0.2, 0) is 10.7 Å². The molecule has 0 heterocycles. The van der Waals surface area contributed by atoms with Gasteiger partial charge in [0.1, 0.15) is 11.5 Å². The lowest BCUT2D eigenvalue weighted by atomic mass is 9.86. The van der Waals surface area contributed by atoms with Crippen molar-refractivity contribution in [1.82, 2.24) is 0 Å². The van der Waals surface area contributed by atoms with Crippen molar-refractivity contribution in [1.29, 1.82) is 0 Å². The van der Waals surface area contributed by atoms with Gasteiger partial charge in [0.2, 0.25) is 0 Å². The van der Waals surface area contributed by atoms with Crippen molar-refractivity contribution in [2.75, 3.05) is 0 Å².